The highest BCUT2D eigenvalue weighted by atomic mass is 16.6. The van der Waals surface area contributed by atoms with Crippen LogP contribution in [0.5, 0.6) is 0 Å². The van der Waals surface area contributed by atoms with Gasteiger partial charge in [-0.25, -0.2) is 4.79 Å². The first-order valence-corrected chi connectivity index (χ1v) is 7.21. The van der Waals surface area contributed by atoms with Crippen LogP contribution < -0.4 is 0 Å². The van der Waals surface area contributed by atoms with Gasteiger partial charge in [-0.1, -0.05) is 48.0 Å². The molecule has 0 bridgehead atoms. The third-order valence-corrected chi connectivity index (χ3v) is 3.15. The molecule has 0 saturated heterocycles. The summed E-state index contributed by atoms with van der Waals surface area (Å²) >= 11 is 0. The molecule has 0 heterocycles. The van der Waals surface area contributed by atoms with Crippen molar-refractivity contribution in [1.29, 1.82) is 0 Å². The summed E-state index contributed by atoms with van der Waals surface area (Å²) in [6, 6.07) is 0. The van der Waals surface area contributed by atoms with Crippen molar-refractivity contribution in [3.05, 3.63) is 0 Å². The highest BCUT2D eigenvalue weighted by Gasteiger charge is 2.25. The van der Waals surface area contributed by atoms with Crippen molar-refractivity contribution >= 4 is 6.09 Å². The lowest BCUT2D eigenvalue weighted by Gasteiger charge is -2.29. The van der Waals surface area contributed by atoms with E-state index in [0.29, 0.717) is 17.8 Å². The van der Waals surface area contributed by atoms with Crippen molar-refractivity contribution in [1.82, 2.24) is 4.90 Å². The molecule has 0 N–H and O–H groups in total. The topological polar surface area (TPSA) is 29.5 Å². The quantitative estimate of drug-likeness (QED) is 0.685. The maximum atomic E-state index is 12.0. The Balaban J connectivity index is 4.44. The van der Waals surface area contributed by atoms with Gasteiger partial charge in [0.2, 0.25) is 0 Å². The Morgan fingerprint density at radius 1 is 1.17 bits per heavy atom. The third kappa shape index (κ3) is 6.27. The molecule has 0 aromatic heterocycles. The van der Waals surface area contributed by atoms with Gasteiger partial charge in [0.15, 0.2) is 0 Å². The summed E-state index contributed by atoms with van der Waals surface area (Å²) in [5.41, 5.74) is 0. The zero-order valence-electron chi connectivity index (χ0n) is 13.2. The van der Waals surface area contributed by atoms with Gasteiger partial charge in [-0.15, -0.1) is 0 Å². The molecule has 0 fully saturated rings. The molecule has 2 unspecified atom stereocenters. The lowest BCUT2D eigenvalue weighted by Crippen LogP contribution is -2.37. The molecule has 0 aromatic rings. The van der Waals surface area contributed by atoms with Crippen LogP contribution in [0.15, 0.2) is 0 Å². The second-order valence-corrected chi connectivity index (χ2v) is 6.13. The molecule has 0 aromatic carbocycles. The first-order chi connectivity index (χ1) is 8.29. The van der Waals surface area contributed by atoms with Gasteiger partial charge >= 0.3 is 6.09 Å². The minimum absolute atomic E-state index is 0.0204. The Labute approximate surface area is 113 Å². The van der Waals surface area contributed by atoms with Gasteiger partial charge in [-0.2, -0.15) is 0 Å². The highest BCUT2D eigenvalue weighted by molar-refractivity contribution is 5.67. The standard InChI is InChI=1S/C15H31NO2/c1-8-9-13(6)14(12(4)5)18-15(17)16(7)10-11(2)3/h11-14H,8-10H2,1-7H3. The zero-order valence-corrected chi connectivity index (χ0v) is 13.2. The van der Waals surface area contributed by atoms with Gasteiger partial charge in [0, 0.05) is 13.6 Å². The van der Waals surface area contributed by atoms with Crippen LogP contribution in [-0.4, -0.2) is 30.7 Å². The van der Waals surface area contributed by atoms with Crippen molar-refractivity contribution in [3.63, 3.8) is 0 Å². The fourth-order valence-electron chi connectivity index (χ4n) is 2.36. The van der Waals surface area contributed by atoms with Crippen LogP contribution in [0.1, 0.15) is 54.4 Å². The molecule has 1 amide bonds. The molecule has 0 spiro atoms. The molecule has 0 aliphatic heterocycles. The Kier molecular flexibility index (Phi) is 8.05. The second-order valence-electron chi connectivity index (χ2n) is 6.13. The summed E-state index contributed by atoms with van der Waals surface area (Å²) in [5.74, 6) is 1.25. The van der Waals surface area contributed by atoms with Crippen LogP contribution in [-0.2, 0) is 4.74 Å². The Morgan fingerprint density at radius 2 is 1.72 bits per heavy atom. The van der Waals surface area contributed by atoms with E-state index in [-0.39, 0.29) is 12.2 Å². The normalized spacial score (nSPS) is 14.7. The molecule has 18 heavy (non-hydrogen) atoms. The lowest BCUT2D eigenvalue weighted by molar-refractivity contribution is 0.0147. The van der Waals surface area contributed by atoms with Crippen LogP contribution in [0.4, 0.5) is 4.79 Å². The summed E-state index contributed by atoms with van der Waals surface area (Å²) in [6.07, 6.45) is 2.06. The van der Waals surface area contributed by atoms with Gasteiger partial charge in [0.25, 0.3) is 0 Å². The predicted molar refractivity (Wildman–Crippen MR) is 76.6 cm³/mol. The average molecular weight is 257 g/mol. The zero-order chi connectivity index (χ0) is 14.3. The molecule has 0 aliphatic rings. The maximum Gasteiger partial charge on any atom is 0.409 e. The van der Waals surface area contributed by atoms with E-state index in [9.17, 15) is 4.79 Å². The molecule has 2 atom stereocenters. The van der Waals surface area contributed by atoms with Gasteiger partial charge < -0.3 is 9.64 Å². The summed E-state index contributed by atoms with van der Waals surface area (Å²) in [5, 5.41) is 0. The van der Waals surface area contributed by atoms with E-state index in [1.807, 2.05) is 7.05 Å². The molecular formula is C15H31NO2. The number of hydrogen-bond donors (Lipinski definition) is 0. The second kappa shape index (κ2) is 8.39. The predicted octanol–water partition coefficient (Wildman–Crippen LogP) is 4.17. The van der Waals surface area contributed by atoms with Crippen molar-refractivity contribution in [2.24, 2.45) is 17.8 Å². The van der Waals surface area contributed by atoms with Gasteiger partial charge in [-0.3, -0.25) is 0 Å². The van der Waals surface area contributed by atoms with E-state index in [1.54, 1.807) is 4.90 Å². The summed E-state index contributed by atoms with van der Waals surface area (Å²) in [7, 11) is 1.81. The monoisotopic (exact) mass is 257 g/mol. The van der Waals surface area contributed by atoms with E-state index in [0.717, 1.165) is 19.4 Å². The number of rotatable bonds is 7. The summed E-state index contributed by atoms with van der Waals surface area (Å²) in [4.78, 5) is 13.7. The van der Waals surface area contributed by atoms with E-state index in [1.165, 1.54) is 0 Å². The number of ether oxygens (including phenoxy) is 1. The van der Waals surface area contributed by atoms with E-state index in [2.05, 4.69) is 41.5 Å². The molecule has 0 aliphatic carbocycles. The molecule has 3 heteroatoms. The lowest BCUT2D eigenvalue weighted by atomic mass is 9.91. The Morgan fingerprint density at radius 3 is 2.11 bits per heavy atom. The number of carbonyl (C=O) groups excluding carboxylic acids is 1. The number of nitrogens with zero attached hydrogens (tertiary/aromatic N) is 1. The highest BCUT2D eigenvalue weighted by Crippen LogP contribution is 2.21. The largest absolute Gasteiger partial charge is 0.446 e. The minimum atomic E-state index is -0.189. The SMILES string of the molecule is CCCC(C)C(OC(=O)N(C)CC(C)C)C(C)C. The van der Waals surface area contributed by atoms with Crippen LogP contribution in [0.2, 0.25) is 0 Å². The molecule has 0 radical (unpaired) electrons. The summed E-state index contributed by atoms with van der Waals surface area (Å²) < 4.78 is 5.68. The Bertz CT molecular complexity index is 239. The van der Waals surface area contributed by atoms with Gasteiger partial charge in [-0.05, 0) is 24.2 Å². The van der Waals surface area contributed by atoms with Crippen LogP contribution in [0, 0.1) is 17.8 Å². The smallest absolute Gasteiger partial charge is 0.409 e. The number of amides is 1. The molecule has 0 saturated carbocycles. The van der Waals surface area contributed by atoms with Crippen molar-refractivity contribution in [3.8, 4) is 0 Å². The van der Waals surface area contributed by atoms with E-state index < -0.39 is 0 Å². The number of carbonyl (C=O) groups is 1. The van der Waals surface area contributed by atoms with Crippen LogP contribution in [0.3, 0.4) is 0 Å². The Hall–Kier alpha value is -0.730. The number of hydrogen-bond acceptors (Lipinski definition) is 2. The van der Waals surface area contributed by atoms with E-state index in [4.69, 9.17) is 4.74 Å². The van der Waals surface area contributed by atoms with E-state index >= 15 is 0 Å². The molecule has 3 nitrogen and oxygen atoms in total. The molecule has 108 valence electrons. The van der Waals surface area contributed by atoms with Crippen LogP contribution >= 0.6 is 0 Å². The average Bonchev–Trinajstić information content (AvgIpc) is 2.24. The third-order valence-electron chi connectivity index (χ3n) is 3.15. The van der Waals surface area contributed by atoms with Gasteiger partial charge in [0.1, 0.15) is 6.10 Å². The molecule has 0 rings (SSSR count). The van der Waals surface area contributed by atoms with Crippen molar-refractivity contribution in [2.45, 2.75) is 60.5 Å². The minimum Gasteiger partial charge on any atom is -0.446 e. The first-order valence-electron chi connectivity index (χ1n) is 7.21. The maximum absolute atomic E-state index is 12.0. The van der Waals surface area contributed by atoms with Crippen molar-refractivity contribution < 1.29 is 9.53 Å². The van der Waals surface area contributed by atoms with Gasteiger partial charge in [0.05, 0.1) is 0 Å². The summed E-state index contributed by atoms with van der Waals surface area (Å²) in [6.45, 7) is 13.5. The fraction of sp³-hybridized carbons (Fsp3) is 0.933. The first kappa shape index (κ1) is 17.3. The fourth-order valence-corrected chi connectivity index (χ4v) is 2.36. The molecular weight excluding hydrogens is 226 g/mol. The van der Waals surface area contributed by atoms with Crippen molar-refractivity contribution in [2.75, 3.05) is 13.6 Å². The van der Waals surface area contributed by atoms with Crippen LogP contribution in [0.25, 0.3) is 0 Å².